The van der Waals surface area contributed by atoms with Crippen molar-refractivity contribution in [1.82, 2.24) is 4.98 Å². The minimum absolute atomic E-state index is 0.246. The first-order valence-electron chi connectivity index (χ1n) is 11.6. The highest BCUT2D eigenvalue weighted by Gasteiger charge is 2.19. The molecule has 0 saturated heterocycles. The van der Waals surface area contributed by atoms with E-state index in [2.05, 4.69) is 17.2 Å². The lowest BCUT2D eigenvalue weighted by Crippen LogP contribution is -2.17. The van der Waals surface area contributed by atoms with E-state index in [4.69, 9.17) is 48.6 Å². The third kappa shape index (κ3) is 8.96. The molecule has 0 fully saturated rings. The second-order valence-corrected chi connectivity index (χ2v) is 9.06. The third-order valence-corrected chi connectivity index (χ3v) is 6.01. The number of aliphatic carboxylic acids is 2. The molecule has 0 aliphatic heterocycles. The smallest absolute Gasteiger partial charge is 0.303 e. The molecule has 0 aliphatic carbocycles. The van der Waals surface area contributed by atoms with Crippen LogP contribution in [-0.2, 0) is 9.59 Å². The van der Waals surface area contributed by atoms with E-state index in [0.717, 1.165) is 35.0 Å². The monoisotopic (exact) mass is 551 g/mol. The number of carbonyl (C=O) groups is 2. The molecule has 9 nitrogen and oxygen atoms in total. The van der Waals surface area contributed by atoms with Gasteiger partial charge in [-0.15, -0.1) is 0 Å². The van der Waals surface area contributed by atoms with Gasteiger partial charge in [-0.2, -0.15) is 0 Å². The highest BCUT2D eigenvalue weighted by atomic mass is 35.5. The molecule has 200 valence electrons. The average molecular weight is 552 g/mol. The van der Waals surface area contributed by atoms with Gasteiger partial charge in [0.25, 0.3) is 0 Å². The number of carboxylic acids is 2. The van der Waals surface area contributed by atoms with Crippen molar-refractivity contribution in [2.24, 2.45) is 5.73 Å². The number of hydrogen-bond acceptors (Lipinski definition) is 7. The zero-order chi connectivity index (χ0) is 27.5. The van der Waals surface area contributed by atoms with E-state index in [0.29, 0.717) is 33.8 Å². The number of halogens is 2. The number of nitrogens with two attached hydrogens (primary N) is 1. The summed E-state index contributed by atoms with van der Waals surface area (Å²) in [5.41, 5.74) is 8.39. The minimum Gasteiger partial charge on any atom is -0.493 e. The Balaban J connectivity index is 0.000000521. The molecule has 0 spiro atoms. The van der Waals surface area contributed by atoms with Crippen LogP contribution in [0.1, 0.15) is 38.2 Å². The van der Waals surface area contributed by atoms with Crippen LogP contribution in [0.3, 0.4) is 0 Å². The number of hydrogen-bond donors (Lipinski definition) is 4. The molecule has 0 saturated carbocycles. The van der Waals surface area contributed by atoms with E-state index in [1.54, 1.807) is 31.5 Å². The zero-order valence-electron chi connectivity index (χ0n) is 20.9. The summed E-state index contributed by atoms with van der Waals surface area (Å²) in [7, 11) is 1.62. The van der Waals surface area contributed by atoms with E-state index in [1.165, 1.54) is 0 Å². The summed E-state index contributed by atoms with van der Waals surface area (Å²) < 4.78 is 11.9. The van der Waals surface area contributed by atoms with E-state index >= 15 is 0 Å². The molecular formula is C26H31Cl2N3O6. The lowest BCUT2D eigenvalue weighted by Gasteiger charge is -2.20. The van der Waals surface area contributed by atoms with Crippen LogP contribution in [-0.4, -0.2) is 46.8 Å². The molecule has 0 aliphatic rings. The first-order chi connectivity index (χ1) is 17.6. The van der Waals surface area contributed by atoms with Crippen LogP contribution in [0.5, 0.6) is 17.2 Å². The maximum Gasteiger partial charge on any atom is 0.303 e. The first-order valence-corrected chi connectivity index (χ1v) is 12.3. The molecule has 1 heterocycles. The molecule has 37 heavy (non-hydrogen) atoms. The van der Waals surface area contributed by atoms with Crippen molar-refractivity contribution in [3.8, 4) is 17.2 Å². The van der Waals surface area contributed by atoms with Crippen LogP contribution in [0.25, 0.3) is 10.9 Å². The highest BCUT2D eigenvalue weighted by Crippen LogP contribution is 2.44. The van der Waals surface area contributed by atoms with Crippen LogP contribution in [0.2, 0.25) is 10.0 Å². The zero-order valence-corrected chi connectivity index (χ0v) is 22.4. The van der Waals surface area contributed by atoms with Gasteiger partial charge in [-0.1, -0.05) is 23.2 Å². The summed E-state index contributed by atoms with van der Waals surface area (Å²) in [6.07, 6.45) is 3.12. The number of ether oxygens (including phenoxy) is 2. The molecule has 0 amide bonds. The molecule has 1 atom stereocenters. The predicted molar refractivity (Wildman–Crippen MR) is 145 cm³/mol. The van der Waals surface area contributed by atoms with Crippen molar-refractivity contribution in [1.29, 1.82) is 0 Å². The maximum absolute atomic E-state index is 9.64. The van der Waals surface area contributed by atoms with Crippen molar-refractivity contribution < 1.29 is 29.3 Å². The number of methoxy groups -OCH3 is 1. The van der Waals surface area contributed by atoms with Crippen LogP contribution >= 0.6 is 23.2 Å². The van der Waals surface area contributed by atoms with Gasteiger partial charge in [0, 0.05) is 24.4 Å². The minimum atomic E-state index is -1.08. The third-order valence-electron chi connectivity index (χ3n) is 5.27. The Hall–Kier alpha value is -3.27. The number of anilines is 1. The Morgan fingerprint density at radius 2 is 1.78 bits per heavy atom. The summed E-state index contributed by atoms with van der Waals surface area (Å²) in [6, 6.07) is 9.27. The summed E-state index contributed by atoms with van der Waals surface area (Å²) in [6.45, 7) is 4.82. The highest BCUT2D eigenvalue weighted by molar-refractivity contribution is 6.42. The molecular weight excluding hydrogens is 521 g/mol. The Morgan fingerprint density at radius 3 is 2.35 bits per heavy atom. The summed E-state index contributed by atoms with van der Waals surface area (Å²) in [5.74, 6) is -0.390. The van der Waals surface area contributed by atoms with E-state index in [-0.39, 0.29) is 18.9 Å². The number of carboxylic acid groups (broad SMARTS) is 2. The van der Waals surface area contributed by atoms with Crippen molar-refractivity contribution in [2.45, 2.75) is 45.6 Å². The van der Waals surface area contributed by atoms with Gasteiger partial charge in [-0.25, -0.2) is 0 Å². The molecule has 1 aromatic heterocycles. The predicted octanol–water partition coefficient (Wildman–Crippen LogP) is 6.13. The van der Waals surface area contributed by atoms with Crippen LogP contribution < -0.4 is 20.5 Å². The van der Waals surface area contributed by atoms with Crippen molar-refractivity contribution in [3.63, 3.8) is 0 Å². The molecule has 0 unspecified atom stereocenters. The van der Waals surface area contributed by atoms with E-state index in [1.807, 2.05) is 19.1 Å². The lowest BCUT2D eigenvalue weighted by atomic mass is 10.1. The van der Waals surface area contributed by atoms with Crippen molar-refractivity contribution in [2.75, 3.05) is 19.0 Å². The number of rotatable bonds is 11. The number of nitrogens with one attached hydrogen (secondary N) is 1. The van der Waals surface area contributed by atoms with Crippen LogP contribution in [0, 0.1) is 6.92 Å². The van der Waals surface area contributed by atoms with Gasteiger partial charge in [-0.05, 0) is 57.0 Å². The molecule has 0 radical (unpaired) electrons. The number of benzene rings is 2. The standard InChI is InChI=1S/C22H25Cl2N3O2.C4H6O4/c1-13-8-10-26-21-18(27-14(2)5-4-9-25)12-19(28-3)22(20(13)21)29-15-6-7-16(23)17(24)11-15;5-3(6)1-2-4(7)8/h6-8,10-12,14,27H,4-5,9,25H2,1-3H3;1-2H2,(H,5,6)(H,7,8)/t14-;/m0./s1. The molecule has 11 heteroatoms. The largest absolute Gasteiger partial charge is 0.493 e. The molecule has 3 rings (SSSR count). The second kappa shape index (κ2) is 14.5. The lowest BCUT2D eigenvalue weighted by molar-refractivity contribution is -0.143. The fourth-order valence-electron chi connectivity index (χ4n) is 3.43. The average Bonchev–Trinajstić information content (AvgIpc) is 2.85. The Bertz CT molecular complexity index is 1220. The first kappa shape index (κ1) is 30.0. The molecule has 5 N–H and O–H groups in total. The Labute approximate surface area is 225 Å². The fraction of sp³-hybridized carbons (Fsp3) is 0.346. The quantitative estimate of drug-likeness (QED) is 0.221. The molecule has 0 bridgehead atoms. The van der Waals surface area contributed by atoms with Crippen molar-refractivity contribution in [3.05, 3.63) is 52.1 Å². The molecule has 2 aromatic carbocycles. The topological polar surface area (TPSA) is 144 Å². The number of pyridine rings is 1. The summed E-state index contributed by atoms with van der Waals surface area (Å²) in [4.78, 5) is 23.9. The number of aromatic nitrogens is 1. The maximum atomic E-state index is 9.64. The SMILES string of the molecule is COc1cc(N[C@@H](C)CCCN)c2nccc(C)c2c1Oc1ccc(Cl)c(Cl)c1.O=C(O)CCC(=O)O. The van der Waals surface area contributed by atoms with Gasteiger partial charge in [0.05, 0.1) is 46.6 Å². The van der Waals surface area contributed by atoms with E-state index < -0.39 is 11.9 Å². The van der Waals surface area contributed by atoms with Gasteiger partial charge in [0.1, 0.15) is 5.75 Å². The number of aryl methyl sites for hydroxylation is 1. The van der Waals surface area contributed by atoms with Crippen LogP contribution in [0.15, 0.2) is 36.5 Å². The van der Waals surface area contributed by atoms with Gasteiger partial charge >= 0.3 is 11.9 Å². The summed E-state index contributed by atoms with van der Waals surface area (Å²) >= 11 is 12.2. The van der Waals surface area contributed by atoms with Gasteiger partial charge < -0.3 is 30.7 Å². The fourth-order valence-corrected chi connectivity index (χ4v) is 3.72. The number of nitrogens with zero attached hydrogens (tertiary/aromatic N) is 1. The van der Waals surface area contributed by atoms with Gasteiger partial charge in [0.2, 0.25) is 0 Å². The second-order valence-electron chi connectivity index (χ2n) is 8.25. The van der Waals surface area contributed by atoms with Crippen molar-refractivity contribution >= 4 is 51.7 Å². The van der Waals surface area contributed by atoms with Gasteiger partial charge in [-0.3, -0.25) is 14.6 Å². The Kier molecular flexibility index (Phi) is 11.7. The van der Waals surface area contributed by atoms with E-state index in [9.17, 15) is 9.59 Å². The summed E-state index contributed by atoms with van der Waals surface area (Å²) in [5, 5.41) is 21.1. The number of fused-ring (bicyclic) bond motifs is 1. The Morgan fingerprint density at radius 1 is 1.11 bits per heavy atom. The van der Waals surface area contributed by atoms with Crippen LogP contribution in [0.4, 0.5) is 5.69 Å². The molecule has 3 aromatic rings. The van der Waals surface area contributed by atoms with Gasteiger partial charge in [0.15, 0.2) is 11.5 Å². The normalized spacial score (nSPS) is 11.3.